The normalized spacial score (nSPS) is 11.9. The number of carbonyl (C=O) groups excluding carboxylic acids is 2. The Morgan fingerprint density at radius 2 is 1.80 bits per heavy atom. The van der Waals surface area contributed by atoms with Crippen LogP contribution in [0.5, 0.6) is 5.75 Å². The second kappa shape index (κ2) is 5.74. The van der Waals surface area contributed by atoms with Gasteiger partial charge < -0.3 is 9.47 Å². The van der Waals surface area contributed by atoms with Gasteiger partial charge in [-0.15, -0.1) is 0 Å². The van der Waals surface area contributed by atoms with E-state index >= 15 is 0 Å². The summed E-state index contributed by atoms with van der Waals surface area (Å²) >= 11 is 0. The quantitative estimate of drug-likeness (QED) is 0.634. The highest BCUT2D eigenvalue weighted by Crippen LogP contribution is 2.29. The Labute approximate surface area is 117 Å². The molecule has 2 aromatic rings. The van der Waals surface area contributed by atoms with Crippen LogP contribution in [0.2, 0.25) is 0 Å². The summed E-state index contributed by atoms with van der Waals surface area (Å²) in [7, 11) is 1.51. The van der Waals surface area contributed by atoms with Crippen LogP contribution >= 0.6 is 0 Å². The van der Waals surface area contributed by atoms with Gasteiger partial charge in [0.2, 0.25) is 5.78 Å². The first-order valence-electron chi connectivity index (χ1n) is 6.31. The van der Waals surface area contributed by atoms with E-state index in [0.717, 1.165) is 10.8 Å². The van der Waals surface area contributed by atoms with Crippen LogP contribution < -0.4 is 4.74 Å². The number of methoxy groups -OCH3 is 1. The molecule has 0 aliphatic rings. The van der Waals surface area contributed by atoms with E-state index in [1.807, 2.05) is 30.3 Å². The van der Waals surface area contributed by atoms with Crippen LogP contribution in [0.3, 0.4) is 0 Å². The summed E-state index contributed by atoms with van der Waals surface area (Å²) < 4.78 is 10.2. The maximum absolute atomic E-state index is 12.5. The van der Waals surface area contributed by atoms with Gasteiger partial charge in [-0.2, -0.15) is 0 Å². The van der Waals surface area contributed by atoms with E-state index in [9.17, 15) is 9.59 Å². The van der Waals surface area contributed by atoms with Gasteiger partial charge in [0, 0.05) is 6.92 Å². The van der Waals surface area contributed by atoms with Crippen LogP contribution in [0, 0.1) is 0 Å². The predicted octanol–water partition coefficient (Wildman–Crippen LogP) is 2.98. The molecular formula is C16H16O4. The number of carbonyl (C=O) groups is 2. The van der Waals surface area contributed by atoms with E-state index in [1.54, 1.807) is 13.0 Å². The Morgan fingerprint density at radius 1 is 1.10 bits per heavy atom. The number of ether oxygens (including phenoxy) is 2. The van der Waals surface area contributed by atoms with E-state index < -0.39 is 12.1 Å². The fraction of sp³-hybridized carbons (Fsp3) is 0.250. The van der Waals surface area contributed by atoms with Gasteiger partial charge in [0.25, 0.3) is 0 Å². The van der Waals surface area contributed by atoms with Crippen LogP contribution in [0.25, 0.3) is 10.8 Å². The van der Waals surface area contributed by atoms with Crippen molar-refractivity contribution in [3.8, 4) is 5.75 Å². The molecule has 2 aromatic carbocycles. The molecule has 0 fully saturated rings. The number of Topliss-reactive ketones (excluding diaryl/α,β-unsaturated/α-hetero) is 1. The standard InChI is InChI=1S/C16H16O4/c1-10(20-11(2)17)16(18)15-13-7-5-4-6-12(13)8-9-14(15)19-3/h4-10H,1-3H3. The Hall–Kier alpha value is -2.36. The lowest BCUT2D eigenvalue weighted by atomic mass is 9.98. The third-order valence-corrected chi connectivity index (χ3v) is 3.07. The molecule has 104 valence electrons. The van der Waals surface area contributed by atoms with Crippen molar-refractivity contribution >= 4 is 22.5 Å². The third-order valence-electron chi connectivity index (χ3n) is 3.07. The van der Waals surface area contributed by atoms with Gasteiger partial charge in [-0.25, -0.2) is 0 Å². The first-order valence-corrected chi connectivity index (χ1v) is 6.31. The number of rotatable bonds is 4. The van der Waals surface area contributed by atoms with E-state index in [-0.39, 0.29) is 5.78 Å². The van der Waals surface area contributed by atoms with Gasteiger partial charge in [-0.3, -0.25) is 9.59 Å². The highest BCUT2D eigenvalue weighted by molar-refractivity contribution is 6.12. The molecule has 0 saturated carbocycles. The average Bonchev–Trinajstić information content (AvgIpc) is 2.44. The number of hydrogen-bond acceptors (Lipinski definition) is 4. The van der Waals surface area contributed by atoms with Crippen molar-refractivity contribution in [2.24, 2.45) is 0 Å². The lowest BCUT2D eigenvalue weighted by Gasteiger charge is -2.15. The van der Waals surface area contributed by atoms with E-state index in [4.69, 9.17) is 9.47 Å². The van der Waals surface area contributed by atoms with Crippen LogP contribution in [0.4, 0.5) is 0 Å². The van der Waals surface area contributed by atoms with Gasteiger partial charge in [-0.05, 0) is 23.8 Å². The molecule has 1 unspecified atom stereocenters. The predicted molar refractivity (Wildman–Crippen MR) is 76.1 cm³/mol. The van der Waals surface area contributed by atoms with Crippen LogP contribution in [-0.4, -0.2) is 25.0 Å². The van der Waals surface area contributed by atoms with Gasteiger partial charge >= 0.3 is 5.97 Å². The minimum absolute atomic E-state index is 0.270. The Morgan fingerprint density at radius 3 is 2.45 bits per heavy atom. The SMILES string of the molecule is COc1ccc2ccccc2c1C(=O)C(C)OC(C)=O. The van der Waals surface area contributed by atoms with E-state index in [1.165, 1.54) is 14.0 Å². The van der Waals surface area contributed by atoms with Gasteiger partial charge in [0.05, 0.1) is 12.7 Å². The summed E-state index contributed by atoms with van der Waals surface area (Å²) in [5.41, 5.74) is 0.444. The summed E-state index contributed by atoms with van der Waals surface area (Å²) in [5.74, 6) is -0.272. The molecule has 0 aromatic heterocycles. The largest absolute Gasteiger partial charge is 0.496 e. The molecule has 0 amide bonds. The summed E-state index contributed by atoms with van der Waals surface area (Å²) in [5, 5.41) is 1.72. The Bertz CT molecular complexity index is 661. The second-order valence-corrected chi connectivity index (χ2v) is 4.48. The van der Waals surface area contributed by atoms with Crippen LogP contribution in [-0.2, 0) is 9.53 Å². The molecule has 1 atom stereocenters. The number of fused-ring (bicyclic) bond motifs is 1. The van der Waals surface area contributed by atoms with Crippen molar-refractivity contribution < 1.29 is 19.1 Å². The van der Waals surface area contributed by atoms with E-state index in [0.29, 0.717) is 11.3 Å². The average molecular weight is 272 g/mol. The Balaban J connectivity index is 2.56. The second-order valence-electron chi connectivity index (χ2n) is 4.48. The van der Waals surface area contributed by atoms with Gasteiger partial charge in [-0.1, -0.05) is 30.3 Å². The van der Waals surface area contributed by atoms with Crippen molar-refractivity contribution in [1.82, 2.24) is 0 Å². The summed E-state index contributed by atoms with van der Waals surface area (Å²) in [6, 6.07) is 11.2. The molecule has 2 rings (SSSR count). The molecule has 0 spiro atoms. The van der Waals surface area contributed by atoms with Gasteiger partial charge in [0.1, 0.15) is 5.75 Å². The first-order chi connectivity index (χ1) is 9.54. The summed E-state index contributed by atoms with van der Waals surface area (Å²) in [4.78, 5) is 23.5. The van der Waals surface area contributed by atoms with Crippen molar-refractivity contribution in [2.75, 3.05) is 7.11 Å². The minimum Gasteiger partial charge on any atom is -0.496 e. The molecule has 0 bridgehead atoms. The van der Waals surface area contributed by atoms with Crippen LogP contribution in [0.15, 0.2) is 36.4 Å². The molecule has 0 heterocycles. The number of benzene rings is 2. The molecule has 0 aliphatic heterocycles. The molecule has 4 nitrogen and oxygen atoms in total. The maximum atomic E-state index is 12.5. The molecule has 4 heteroatoms. The van der Waals surface area contributed by atoms with Gasteiger partial charge in [0.15, 0.2) is 6.10 Å². The monoisotopic (exact) mass is 272 g/mol. The zero-order chi connectivity index (χ0) is 14.7. The van der Waals surface area contributed by atoms with Crippen LogP contribution in [0.1, 0.15) is 24.2 Å². The van der Waals surface area contributed by atoms with Crippen molar-refractivity contribution in [3.63, 3.8) is 0 Å². The molecule has 0 aliphatic carbocycles. The zero-order valence-electron chi connectivity index (χ0n) is 11.7. The lowest BCUT2D eigenvalue weighted by molar-refractivity contribution is -0.143. The topological polar surface area (TPSA) is 52.6 Å². The van der Waals surface area contributed by atoms with E-state index in [2.05, 4.69) is 0 Å². The van der Waals surface area contributed by atoms with Crippen molar-refractivity contribution in [1.29, 1.82) is 0 Å². The molecule has 0 N–H and O–H groups in total. The highest BCUT2D eigenvalue weighted by atomic mass is 16.5. The number of ketones is 1. The lowest BCUT2D eigenvalue weighted by Crippen LogP contribution is -2.23. The molecule has 0 saturated heterocycles. The fourth-order valence-electron chi connectivity index (χ4n) is 2.18. The highest BCUT2D eigenvalue weighted by Gasteiger charge is 2.23. The van der Waals surface area contributed by atoms with Crippen molar-refractivity contribution in [3.05, 3.63) is 42.0 Å². The zero-order valence-corrected chi connectivity index (χ0v) is 11.7. The third kappa shape index (κ3) is 2.64. The summed E-state index contributed by atoms with van der Waals surface area (Å²) in [6.45, 7) is 2.84. The number of hydrogen-bond donors (Lipinski definition) is 0. The maximum Gasteiger partial charge on any atom is 0.303 e. The first kappa shape index (κ1) is 14.1. The fourth-order valence-corrected chi connectivity index (χ4v) is 2.18. The number of esters is 1. The molecular weight excluding hydrogens is 256 g/mol. The minimum atomic E-state index is -0.841. The summed E-state index contributed by atoms with van der Waals surface area (Å²) in [6.07, 6.45) is -0.841. The van der Waals surface area contributed by atoms with Crippen molar-refractivity contribution in [2.45, 2.75) is 20.0 Å². The smallest absolute Gasteiger partial charge is 0.303 e. The molecule has 20 heavy (non-hydrogen) atoms. The molecule has 0 radical (unpaired) electrons. The Kier molecular flexibility index (Phi) is 4.03.